The lowest BCUT2D eigenvalue weighted by molar-refractivity contribution is -0.139. The Kier molecular flexibility index (Phi) is 3.61. The van der Waals surface area contributed by atoms with Crippen LogP contribution in [-0.4, -0.2) is 23.9 Å². The third-order valence-corrected chi connectivity index (χ3v) is 2.75. The number of hydrogen-bond acceptors (Lipinski definition) is 2. The highest BCUT2D eigenvalue weighted by molar-refractivity contribution is 5.97. The van der Waals surface area contributed by atoms with Crippen molar-refractivity contribution in [1.29, 1.82) is 0 Å². The second kappa shape index (κ2) is 4.44. The molecule has 1 rings (SSSR count). The molecule has 0 aromatic rings. The van der Waals surface area contributed by atoms with E-state index in [1.807, 2.05) is 34.6 Å². The van der Waals surface area contributed by atoms with Crippen molar-refractivity contribution in [1.82, 2.24) is 10.6 Å². The molecule has 0 aliphatic carbocycles. The molecule has 1 saturated heterocycles. The Balaban J connectivity index is 2.71. The van der Waals surface area contributed by atoms with Crippen LogP contribution in [0.15, 0.2) is 0 Å². The van der Waals surface area contributed by atoms with E-state index in [9.17, 15) is 9.59 Å². The van der Waals surface area contributed by atoms with Gasteiger partial charge in [-0.25, -0.2) is 0 Å². The van der Waals surface area contributed by atoms with Crippen LogP contribution in [0.1, 0.15) is 41.0 Å². The Labute approximate surface area is 97.2 Å². The molecule has 1 heterocycles. The van der Waals surface area contributed by atoms with Crippen LogP contribution in [0.2, 0.25) is 0 Å². The highest BCUT2D eigenvalue weighted by Gasteiger charge is 2.39. The van der Waals surface area contributed by atoms with E-state index >= 15 is 0 Å². The standard InChI is InChI=1S/C12H22N2O2/c1-7(2)6-8-10(15)14-9(11(16)13-8)12(3,4)5/h7-9H,6H2,1-5H3,(H,13,16)(H,14,15). The number of hydrogen-bond donors (Lipinski definition) is 2. The van der Waals surface area contributed by atoms with Crippen LogP contribution >= 0.6 is 0 Å². The largest absolute Gasteiger partial charge is 0.342 e. The van der Waals surface area contributed by atoms with Gasteiger partial charge in [0.1, 0.15) is 12.1 Å². The highest BCUT2D eigenvalue weighted by atomic mass is 16.2. The minimum atomic E-state index is -0.427. The van der Waals surface area contributed by atoms with Gasteiger partial charge in [-0.05, 0) is 17.8 Å². The topological polar surface area (TPSA) is 58.2 Å². The molecular formula is C12H22N2O2. The van der Waals surface area contributed by atoms with Gasteiger partial charge >= 0.3 is 0 Å². The summed E-state index contributed by atoms with van der Waals surface area (Å²) in [6.07, 6.45) is 0.689. The van der Waals surface area contributed by atoms with Crippen LogP contribution in [0.3, 0.4) is 0 Å². The fraction of sp³-hybridized carbons (Fsp3) is 0.833. The second-order valence-electron chi connectivity index (χ2n) is 6.00. The lowest BCUT2D eigenvalue weighted by atomic mass is 9.84. The lowest BCUT2D eigenvalue weighted by Crippen LogP contribution is -2.65. The van der Waals surface area contributed by atoms with E-state index in [1.165, 1.54) is 0 Å². The molecule has 0 spiro atoms. The predicted octanol–water partition coefficient (Wildman–Crippen LogP) is 1.06. The van der Waals surface area contributed by atoms with E-state index in [2.05, 4.69) is 10.6 Å². The van der Waals surface area contributed by atoms with Crippen molar-refractivity contribution in [3.8, 4) is 0 Å². The van der Waals surface area contributed by atoms with Gasteiger partial charge in [-0.1, -0.05) is 34.6 Å². The summed E-state index contributed by atoms with van der Waals surface area (Å²) in [6, 6.07) is -0.797. The number of piperazine rings is 1. The second-order valence-corrected chi connectivity index (χ2v) is 6.00. The van der Waals surface area contributed by atoms with Crippen molar-refractivity contribution in [3.05, 3.63) is 0 Å². The van der Waals surface area contributed by atoms with Gasteiger partial charge in [-0.15, -0.1) is 0 Å². The predicted molar refractivity (Wildman–Crippen MR) is 62.8 cm³/mol. The van der Waals surface area contributed by atoms with Gasteiger partial charge in [-0.3, -0.25) is 9.59 Å². The maximum Gasteiger partial charge on any atom is 0.243 e. The summed E-state index contributed by atoms with van der Waals surface area (Å²) in [5.74, 6) is 0.258. The number of rotatable bonds is 2. The molecule has 16 heavy (non-hydrogen) atoms. The van der Waals surface area contributed by atoms with E-state index in [4.69, 9.17) is 0 Å². The zero-order chi connectivity index (χ0) is 12.5. The van der Waals surface area contributed by atoms with Gasteiger partial charge in [0.15, 0.2) is 0 Å². The average molecular weight is 226 g/mol. The van der Waals surface area contributed by atoms with Gasteiger partial charge in [0.05, 0.1) is 0 Å². The molecule has 1 aliphatic heterocycles. The van der Waals surface area contributed by atoms with Gasteiger partial charge in [-0.2, -0.15) is 0 Å². The van der Waals surface area contributed by atoms with Crippen molar-refractivity contribution in [2.75, 3.05) is 0 Å². The molecule has 0 saturated carbocycles. The molecule has 1 fully saturated rings. The van der Waals surface area contributed by atoms with Gasteiger partial charge < -0.3 is 10.6 Å². The van der Waals surface area contributed by atoms with Crippen LogP contribution in [-0.2, 0) is 9.59 Å². The minimum Gasteiger partial charge on any atom is -0.342 e. The van der Waals surface area contributed by atoms with Crippen molar-refractivity contribution in [3.63, 3.8) is 0 Å². The molecule has 0 bridgehead atoms. The van der Waals surface area contributed by atoms with Crippen molar-refractivity contribution in [2.45, 2.75) is 53.1 Å². The van der Waals surface area contributed by atoms with Crippen molar-refractivity contribution < 1.29 is 9.59 Å². The number of carbonyl (C=O) groups excluding carboxylic acids is 2. The fourth-order valence-corrected chi connectivity index (χ4v) is 1.88. The van der Waals surface area contributed by atoms with Crippen LogP contribution in [0.5, 0.6) is 0 Å². The fourth-order valence-electron chi connectivity index (χ4n) is 1.88. The van der Waals surface area contributed by atoms with Crippen molar-refractivity contribution >= 4 is 11.8 Å². The molecule has 0 radical (unpaired) electrons. The molecule has 4 heteroatoms. The molecule has 92 valence electrons. The molecule has 1 aliphatic rings. The molecule has 2 unspecified atom stereocenters. The van der Waals surface area contributed by atoms with Crippen LogP contribution in [0.25, 0.3) is 0 Å². The molecule has 0 aromatic carbocycles. The van der Waals surface area contributed by atoms with E-state index < -0.39 is 6.04 Å². The molecule has 2 atom stereocenters. The van der Waals surface area contributed by atoms with Crippen molar-refractivity contribution in [2.24, 2.45) is 11.3 Å². The van der Waals surface area contributed by atoms with E-state index in [0.717, 1.165) is 0 Å². The molecule has 4 nitrogen and oxygen atoms in total. The normalized spacial score (nSPS) is 26.6. The van der Waals surface area contributed by atoms with Crippen LogP contribution < -0.4 is 10.6 Å². The summed E-state index contributed by atoms with van der Waals surface area (Å²) in [5.41, 5.74) is -0.247. The smallest absolute Gasteiger partial charge is 0.243 e. The Bertz CT molecular complexity index is 292. The highest BCUT2D eigenvalue weighted by Crippen LogP contribution is 2.22. The first-order valence-electron chi connectivity index (χ1n) is 5.82. The summed E-state index contributed by atoms with van der Waals surface area (Å²) in [4.78, 5) is 23.7. The first-order chi connectivity index (χ1) is 7.21. The summed E-state index contributed by atoms with van der Waals surface area (Å²) < 4.78 is 0. The Hall–Kier alpha value is -1.06. The third-order valence-electron chi connectivity index (χ3n) is 2.75. The van der Waals surface area contributed by atoms with Crippen LogP contribution in [0, 0.1) is 11.3 Å². The maximum atomic E-state index is 11.9. The molecule has 2 amide bonds. The Morgan fingerprint density at radius 1 is 1.12 bits per heavy atom. The summed E-state index contributed by atoms with van der Waals surface area (Å²) in [5, 5.41) is 5.61. The third kappa shape index (κ3) is 2.97. The summed E-state index contributed by atoms with van der Waals surface area (Å²) >= 11 is 0. The SMILES string of the molecule is CC(C)CC1NC(=O)C(C(C)(C)C)NC1=O. The zero-order valence-corrected chi connectivity index (χ0v) is 10.8. The van der Waals surface area contributed by atoms with Crippen LogP contribution in [0.4, 0.5) is 0 Å². The maximum absolute atomic E-state index is 11.9. The van der Waals surface area contributed by atoms with E-state index in [0.29, 0.717) is 12.3 Å². The zero-order valence-electron chi connectivity index (χ0n) is 10.8. The Morgan fingerprint density at radius 3 is 2.12 bits per heavy atom. The average Bonchev–Trinajstić information content (AvgIpc) is 2.07. The van der Waals surface area contributed by atoms with Gasteiger partial charge in [0.25, 0.3) is 0 Å². The van der Waals surface area contributed by atoms with E-state index in [1.54, 1.807) is 0 Å². The summed E-state index contributed by atoms with van der Waals surface area (Å²) in [7, 11) is 0. The van der Waals surface area contributed by atoms with Gasteiger partial charge in [0.2, 0.25) is 11.8 Å². The molecule has 0 aromatic heterocycles. The summed E-state index contributed by atoms with van der Waals surface area (Å²) in [6.45, 7) is 9.91. The number of carbonyl (C=O) groups is 2. The number of amides is 2. The Morgan fingerprint density at radius 2 is 1.69 bits per heavy atom. The molecular weight excluding hydrogens is 204 g/mol. The monoisotopic (exact) mass is 226 g/mol. The van der Waals surface area contributed by atoms with E-state index in [-0.39, 0.29) is 23.3 Å². The minimum absolute atomic E-state index is 0.0618. The number of nitrogens with one attached hydrogen (secondary N) is 2. The first-order valence-corrected chi connectivity index (χ1v) is 5.82. The lowest BCUT2D eigenvalue weighted by Gasteiger charge is -2.37. The van der Waals surface area contributed by atoms with Gasteiger partial charge in [0, 0.05) is 0 Å². The quantitative estimate of drug-likeness (QED) is 0.739. The molecule has 2 N–H and O–H groups in total. The first kappa shape index (κ1) is 13.0.